The second-order valence-corrected chi connectivity index (χ2v) is 6.62. The number of nitrogens with zero attached hydrogens (tertiary/aromatic N) is 2. The van der Waals surface area contributed by atoms with E-state index in [9.17, 15) is 0 Å². The highest BCUT2D eigenvalue weighted by Gasteiger charge is 2.23. The van der Waals surface area contributed by atoms with Crippen molar-refractivity contribution in [2.45, 2.75) is 44.6 Å². The maximum Gasteiger partial charge on any atom is 0.0377 e. The molecule has 1 saturated heterocycles. The van der Waals surface area contributed by atoms with Crippen molar-refractivity contribution >= 4 is 0 Å². The molecule has 2 aliphatic heterocycles. The molecule has 0 aromatic rings. The fraction of sp³-hybridized carbons (Fsp3) is 0.765. The second-order valence-electron chi connectivity index (χ2n) is 6.62. The molecule has 112 valence electrons. The number of nitrogens with one attached hydrogen (secondary N) is 1. The fourth-order valence-corrected chi connectivity index (χ4v) is 3.82. The highest BCUT2D eigenvalue weighted by atomic mass is 15.2. The van der Waals surface area contributed by atoms with E-state index in [1.807, 2.05) is 0 Å². The summed E-state index contributed by atoms with van der Waals surface area (Å²) in [5.41, 5.74) is 1.43. The highest BCUT2D eigenvalue weighted by molar-refractivity contribution is 5.22. The van der Waals surface area contributed by atoms with Crippen LogP contribution in [-0.2, 0) is 0 Å². The van der Waals surface area contributed by atoms with E-state index in [2.05, 4.69) is 40.5 Å². The molecule has 1 aliphatic carbocycles. The maximum absolute atomic E-state index is 3.39. The third-order valence-corrected chi connectivity index (χ3v) is 5.17. The minimum atomic E-state index is 0.671. The van der Waals surface area contributed by atoms with Gasteiger partial charge in [0.2, 0.25) is 0 Å². The molecule has 0 aromatic heterocycles. The Balaban J connectivity index is 1.47. The molecule has 0 unspecified atom stereocenters. The quantitative estimate of drug-likeness (QED) is 0.851. The van der Waals surface area contributed by atoms with Crippen LogP contribution in [0.15, 0.2) is 24.0 Å². The number of likely N-dealkylation sites (tertiary alicyclic amines) is 1. The van der Waals surface area contributed by atoms with Crippen molar-refractivity contribution in [3.63, 3.8) is 0 Å². The van der Waals surface area contributed by atoms with E-state index in [4.69, 9.17) is 0 Å². The molecule has 3 rings (SSSR count). The van der Waals surface area contributed by atoms with Gasteiger partial charge in [-0.25, -0.2) is 0 Å². The van der Waals surface area contributed by atoms with Crippen LogP contribution in [0.25, 0.3) is 0 Å². The third kappa shape index (κ3) is 3.38. The van der Waals surface area contributed by atoms with Crippen LogP contribution in [0.2, 0.25) is 0 Å². The number of rotatable bonds is 4. The second kappa shape index (κ2) is 6.66. The summed E-state index contributed by atoms with van der Waals surface area (Å²) in [4.78, 5) is 5.03. The van der Waals surface area contributed by atoms with Gasteiger partial charge in [0.05, 0.1) is 0 Å². The molecular formula is C17H29N3. The van der Waals surface area contributed by atoms with E-state index in [-0.39, 0.29) is 0 Å². The Kier molecular flexibility index (Phi) is 4.66. The Hall–Kier alpha value is -0.960. The van der Waals surface area contributed by atoms with Crippen LogP contribution in [0, 0.1) is 5.92 Å². The van der Waals surface area contributed by atoms with Crippen molar-refractivity contribution in [3.05, 3.63) is 24.0 Å². The fourth-order valence-electron chi connectivity index (χ4n) is 3.82. The van der Waals surface area contributed by atoms with Gasteiger partial charge in [-0.3, -0.25) is 0 Å². The van der Waals surface area contributed by atoms with Crippen LogP contribution in [0.3, 0.4) is 0 Å². The Morgan fingerprint density at radius 2 is 2.05 bits per heavy atom. The van der Waals surface area contributed by atoms with Crippen molar-refractivity contribution in [1.29, 1.82) is 0 Å². The van der Waals surface area contributed by atoms with Gasteiger partial charge in [-0.1, -0.05) is 19.3 Å². The van der Waals surface area contributed by atoms with E-state index in [0.29, 0.717) is 6.04 Å². The predicted octanol–water partition coefficient (Wildman–Crippen LogP) is 2.57. The van der Waals surface area contributed by atoms with Gasteiger partial charge in [-0.15, -0.1) is 0 Å². The van der Waals surface area contributed by atoms with Crippen molar-refractivity contribution < 1.29 is 0 Å². The molecule has 0 aromatic carbocycles. The summed E-state index contributed by atoms with van der Waals surface area (Å²) in [7, 11) is 2.07. The average molecular weight is 275 g/mol. The number of hydrogen-bond donors (Lipinski definition) is 1. The lowest BCUT2D eigenvalue weighted by molar-refractivity contribution is 0.263. The van der Waals surface area contributed by atoms with Gasteiger partial charge in [0.1, 0.15) is 0 Å². The van der Waals surface area contributed by atoms with Crippen molar-refractivity contribution in [2.75, 3.05) is 33.2 Å². The summed E-state index contributed by atoms with van der Waals surface area (Å²) >= 11 is 0. The Labute approximate surface area is 123 Å². The largest absolute Gasteiger partial charge is 0.373 e. The maximum atomic E-state index is 3.39. The van der Waals surface area contributed by atoms with Gasteiger partial charge in [0, 0.05) is 44.1 Å². The van der Waals surface area contributed by atoms with E-state index < -0.39 is 0 Å². The van der Waals surface area contributed by atoms with Crippen molar-refractivity contribution in [2.24, 2.45) is 5.92 Å². The normalized spacial score (nSPS) is 28.1. The molecule has 2 fully saturated rings. The summed E-state index contributed by atoms with van der Waals surface area (Å²) in [6, 6.07) is 0.671. The van der Waals surface area contributed by atoms with Gasteiger partial charge < -0.3 is 15.1 Å². The molecule has 3 nitrogen and oxygen atoms in total. The van der Waals surface area contributed by atoms with Crippen molar-refractivity contribution in [1.82, 2.24) is 15.1 Å². The first kappa shape index (κ1) is 14.0. The number of hydrogen-bond acceptors (Lipinski definition) is 3. The van der Waals surface area contributed by atoms with Crippen molar-refractivity contribution in [3.8, 4) is 0 Å². The number of allylic oxidation sites excluding steroid dienone is 1. The van der Waals surface area contributed by atoms with Gasteiger partial charge in [-0.05, 0) is 44.4 Å². The van der Waals surface area contributed by atoms with Crippen LogP contribution < -0.4 is 5.32 Å². The minimum Gasteiger partial charge on any atom is -0.373 e. The van der Waals surface area contributed by atoms with Gasteiger partial charge in [0.25, 0.3) is 0 Å². The molecule has 1 N–H and O–H groups in total. The zero-order valence-corrected chi connectivity index (χ0v) is 12.9. The Morgan fingerprint density at radius 3 is 2.70 bits per heavy atom. The summed E-state index contributed by atoms with van der Waals surface area (Å²) in [5, 5.41) is 3.39. The van der Waals surface area contributed by atoms with Gasteiger partial charge in [0.15, 0.2) is 0 Å². The van der Waals surface area contributed by atoms with Crippen LogP contribution in [0.5, 0.6) is 0 Å². The zero-order chi connectivity index (χ0) is 13.8. The molecule has 1 saturated carbocycles. The van der Waals surface area contributed by atoms with Crippen LogP contribution in [0.1, 0.15) is 38.5 Å². The number of likely N-dealkylation sites (N-methyl/N-ethyl adjacent to an activating group) is 1. The molecule has 1 atom stereocenters. The Bertz CT molecular complexity index is 368. The molecule has 0 radical (unpaired) electrons. The standard InChI is InChI=1S/C17H29N3/c1-18-16-7-12-20(14-16)17-8-10-19(11-9-17)13-15-5-3-2-4-6-15/h8-10,15-16,18H,2-7,11-14H2,1H3/t16-/m1/s1. The smallest absolute Gasteiger partial charge is 0.0377 e. The monoisotopic (exact) mass is 275 g/mol. The zero-order valence-electron chi connectivity index (χ0n) is 12.9. The third-order valence-electron chi connectivity index (χ3n) is 5.17. The first-order chi connectivity index (χ1) is 9.85. The lowest BCUT2D eigenvalue weighted by Crippen LogP contribution is -2.32. The van der Waals surface area contributed by atoms with Crippen LogP contribution in [-0.4, -0.2) is 49.1 Å². The highest BCUT2D eigenvalue weighted by Crippen LogP contribution is 2.25. The summed E-state index contributed by atoms with van der Waals surface area (Å²) in [6.07, 6.45) is 15.6. The minimum absolute atomic E-state index is 0.671. The Morgan fingerprint density at radius 1 is 1.20 bits per heavy atom. The van der Waals surface area contributed by atoms with Crippen LogP contribution >= 0.6 is 0 Å². The SMILES string of the molecule is CN[C@@H]1CCN(C2=CCN(CC3CCCCC3)C=C2)C1. The summed E-state index contributed by atoms with van der Waals surface area (Å²) < 4.78 is 0. The molecule has 20 heavy (non-hydrogen) atoms. The van der Waals surface area contributed by atoms with Crippen LogP contribution in [0.4, 0.5) is 0 Å². The van der Waals surface area contributed by atoms with E-state index in [1.54, 1.807) is 0 Å². The lowest BCUT2D eigenvalue weighted by atomic mass is 9.89. The molecule has 3 aliphatic rings. The summed E-state index contributed by atoms with van der Waals surface area (Å²) in [6.45, 7) is 4.72. The average Bonchev–Trinajstić information content (AvgIpc) is 2.98. The summed E-state index contributed by atoms with van der Waals surface area (Å²) in [5.74, 6) is 0.934. The first-order valence-electron chi connectivity index (χ1n) is 8.40. The first-order valence-corrected chi connectivity index (χ1v) is 8.40. The molecule has 0 amide bonds. The molecule has 0 bridgehead atoms. The van der Waals surface area contributed by atoms with E-state index in [0.717, 1.165) is 19.0 Å². The van der Waals surface area contributed by atoms with E-state index in [1.165, 1.54) is 57.3 Å². The molecular weight excluding hydrogens is 246 g/mol. The molecule has 2 heterocycles. The lowest BCUT2D eigenvalue weighted by Gasteiger charge is -2.31. The van der Waals surface area contributed by atoms with Gasteiger partial charge in [-0.2, -0.15) is 0 Å². The molecule has 0 spiro atoms. The van der Waals surface area contributed by atoms with Gasteiger partial charge >= 0.3 is 0 Å². The van der Waals surface area contributed by atoms with E-state index >= 15 is 0 Å². The predicted molar refractivity (Wildman–Crippen MR) is 84.4 cm³/mol. The topological polar surface area (TPSA) is 18.5 Å². The molecule has 3 heteroatoms.